The van der Waals surface area contributed by atoms with Crippen LogP contribution in [0, 0.1) is 12.8 Å². The Morgan fingerprint density at radius 3 is 1.83 bits per heavy atom. The van der Waals surface area contributed by atoms with Gasteiger partial charge in [0.15, 0.2) is 0 Å². The average molecular weight is 421 g/mol. The molecule has 0 spiro atoms. The van der Waals surface area contributed by atoms with Crippen LogP contribution in [0.5, 0.6) is 0 Å². The molecular weight excluding hydrogens is 396 g/mol. The Bertz CT molecular complexity index is 1280. The SMILES string of the molecule is Cc1ccc(S(=O)(=O)N[C@H](C(=O)n2c3ccccc3c3ccccc32)C(C)C)cc1. The maximum absolute atomic E-state index is 13.7. The van der Waals surface area contributed by atoms with E-state index in [2.05, 4.69) is 4.72 Å². The second kappa shape index (κ2) is 7.70. The topological polar surface area (TPSA) is 68.2 Å². The Hall–Kier alpha value is -2.96. The van der Waals surface area contributed by atoms with Crippen LogP contribution < -0.4 is 4.72 Å². The lowest BCUT2D eigenvalue weighted by Gasteiger charge is -2.22. The van der Waals surface area contributed by atoms with E-state index in [4.69, 9.17) is 0 Å². The Kier molecular flexibility index (Phi) is 5.22. The number of carbonyl (C=O) groups is 1. The molecule has 0 amide bonds. The van der Waals surface area contributed by atoms with Crippen LogP contribution in [0.1, 0.15) is 24.2 Å². The lowest BCUT2D eigenvalue weighted by atomic mass is 10.0. The van der Waals surface area contributed by atoms with Crippen molar-refractivity contribution >= 4 is 37.7 Å². The van der Waals surface area contributed by atoms with Crippen LogP contribution in [0.2, 0.25) is 0 Å². The molecule has 0 radical (unpaired) electrons. The summed E-state index contributed by atoms with van der Waals surface area (Å²) in [4.78, 5) is 13.8. The summed E-state index contributed by atoms with van der Waals surface area (Å²) in [5.41, 5.74) is 2.50. The van der Waals surface area contributed by atoms with Crippen LogP contribution in [0.3, 0.4) is 0 Å². The zero-order valence-electron chi connectivity index (χ0n) is 17.2. The zero-order valence-corrected chi connectivity index (χ0v) is 18.0. The van der Waals surface area contributed by atoms with Crippen molar-refractivity contribution in [2.75, 3.05) is 0 Å². The summed E-state index contributed by atoms with van der Waals surface area (Å²) in [5.74, 6) is -0.532. The molecule has 0 saturated heterocycles. The highest BCUT2D eigenvalue weighted by atomic mass is 32.2. The highest BCUT2D eigenvalue weighted by Gasteiger charge is 2.31. The van der Waals surface area contributed by atoms with Gasteiger partial charge in [-0.2, -0.15) is 4.72 Å². The largest absolute Gasteiger partial charge is 0.278 e. The molecule has 4 rings (SSSR count). The number of nitrogens with one attached hydrogen (secondary N) is 1. The quantitative estimate of drug-likeness (QED) is 0.507. The van der Waals surface area contributed by atoms with Gasteiger partial charge in [0, 0.05) is 10.8 Å². The molecule has 1 N–H and O–H groups in total. The van der Waals surface area contributed by atoms with Crippen LogP contribution in [-0.4, -0.2) is 24.9 Å². The summed E-state index contributed by atoms with van der Waals surface area (Å²) in [7, 11) is -3.85. The number of hydrogen-bond donors (Lipinski definition) is 1. The number of sulfonamides is 1. The molecule has 0 bridgehead atoms. The van der Waals surface area contributed by atoms with E-state index in [0.29, 0.717) is 0 Å². The average Bonchev–Trinajstić information content (AvgIpc) is 3.06. The first-order valence-corrected chi connectivity index (χ1v) is 11.4. The lowest BCUT2D eigenvalue weighted by molar-refractivity contribution is 0.0857. The number of nitrogens with zero attached hydrogens (tertiary/aromatic N) is 1. The van der Waals surface area contributed by atoms with E-state index in [0.717, 1.165) is 27.4 Å². The number of benzene rings is 3. The number of fused-ring (bicyclic) bond motifs is 3. The molecular formula is C24H24N2O3S. The van der Waals surface area contributed by atoms with Gasteiger partial charge in [-0.15, -0.1) is 0 Å². The van der Waals surface area contributed by atoms with Gasteiger partial charge in [0.2, 0.25) is 15.9 Å². The van der Waals surface area contributed by atoms with Gasteiger partial charge in [-0.05, 0) is 37.1 Å². The Morgan fingerprint density at radius 2 is 1.33 bits per heavy atom. The highest BCUT2D eigenvalue weighted by molar-refractivity contribution is 7.89. The summed E-state index contributed by atoms with van der Waals surface area (Å²) in [6.45, 7) is 5.58. The number of rotatable bonds is 5. The monoisotopic (exact) mass is 420 g/mol. The van der Waals surface area contributed by atoms with E-state index in [-0.39, 0.29) is 16.7 Å². The molecule has 0 aliphatic heterocycles. The lowest BCUT2D eigenvalue weighted by Crippen LogP contribution is -2.46. The fraction of sp³-hybridized carbons (Fsp3) is 0.208. The van der Waals surface area contributed by atoms with E-state index in [1.54, 1.807) is 28.8 Å². The fourth-order valence-corrected chi connectivity index (χ4v) is 5.06. The van der Waals surface area contributed by atoms with Crippen molar-refractivity contribution < 1.29 is 13.2 Å². The maximum atomic E-state index is 13.7. The van der Waals surface area contributed by atoms with E-state index >= 15 is 0 Å². The third-order valence-electron chi connectivity index (χ3n) is 5.35. The van der Waals surface area contributed by atoms with Crippen molar-refractivity contribution in [3.05, 3.63) is 78.4 Å². The minimum absolute atomic E-state index is 0.147. The van der Waals surface area contributed by atoms with Gasteiger partial charge in [-0.1, -0.05) is 67.9 Å². The van der Waals surface area contributed by atoms with Gasteiger partial charge in [0.1, 0.15) is 6.04 Å². The predicted molar refractivity (Wildman–Crippen MR) is 120 cm³/mol. The van der Waals surface area contributed by atoms with E-state index in [1.165, 1.54) is 0 Å². The van der Waals surface area contributed by atoms with E-state index < -0.39 is 16.1 Å². The molecule has 1 atom stereocenters. The van der Waals surface area contributed by atoms with E-state index in [1.807, 2.05) is 69.3 Å². The first kappa shape index (κ1) is 20.3. The van der Waals surface area contributed by atoms with Crippen molar-refractivity contribution in [3.63, 3.8) is 0 Å². The fourth-order valence-electron chi connectivity index (χ4n) is 3.72. The molecule has 4 aromatic rings. The van der Waals surface area contributed by atoms with Crippen LogP contribution >= 0.6 is 0 Å². The van der Waals surface area contributed by atoms with Crippen LogP contribution in [0.25, 0.3) is 21.8 Å². The summed E-state index contributed by atoms with van der Waals surface area (Å²) in [5, 5.41) is 1.93. The summed E-state index contributed by atoms with van der Waals surface area (Å²) >= 11 is 0. The molecule has 1 heterocycles. The third kappa shape index (κ3) is 3.53. The second-order valence-electron chi connectivity index (χ2n) is 7.86. The van der Waals surface area contributed by atoms with Gasteiger partial charge < -0.3 is 0 Å². The molecule has 0 saturated carbocycles. The molecule has 0 aliphatic rings. The van der Waals surface area contributed by atoms with Crippen molar-refractivity contribution in [3.8, 4) is 0 Å². The molecule has 30 heavy (non-hydrogen) atoms. The molecule has 1 aromatic heterocycles. The Morgan fingerprint density at radius 1 is 0.833 bits per heavy atom. The first-order valence-electron chi connectivity index (χ1n) is 9.91. The summed E-state index contributed by atoms with van der Waals surface area (Å²) < 4.78 is 30.3. The van der Waals surface area contributed by atoms with Crippen molar-refractivity contribution in [1.29, 1.82) is 0 Å². The number of carbonyl (C=O) groups excluding carboxylic acids is 1. The highest BCUT2D eigenvalue weighted by Crippen LogP contribution is 2.29. The van der Waals surface area contributed by atoms with Crippen LogP contribution in [-0.2, 0) is 10.0 Å². The Balaban J connectivity index is 1.81. The molecule has 154 valence electrons. The van der Waals surface area contributed by atoms with Gasteiger partial charge in [0.05, 0.1) is 15.9 Å². The normalized spacial score (nSPS) is 13.2. The van der Waals surface area contributed by atoms with E-state index in [9.17, 15) is 13.2 Å². The zero-order chi connectivity index (χ0) is 21.5. The second-order valence-corrected chi connectivity index (χ2v) is 9.58. The van der Waals surface area contributed by atoms with Gasteiger partial charge in [-0.25, -0.2) is 8.42 Å². The molecule has 0 unspecified atom stereocenters. The molecule has 6 heteroatoms. The van der Waals surface area contributed by atoms with Crippen molar-refractivity contribution in [1.82, 2.24) is 9.29 Å². The predicted octanol–water partition coefficient (Wildman–Crippen LogP) is 4.75. The van der Waals surface area contributed by atoms with Crippen LogP contribution in [0.4, 0.5) is 0 Å². The first-order chi connectivity index (χ1) is 14.3. The number of aryl methyl sites for hydroxylation is 1. The standard InChI is InChI=1S/C24H24N2O3S/c1-16(2)23(25-30(28,29)18-14-12-17(3)13-15-18)24(27)26-21-10-6-4-8-19(21)20-9-5-7-11-22(20)26/h4-16,23,25H,1-3H3/t23-/m0/s1. The van der Waals surface area contributed by atoms with Gasteiger partial charge in [0.25, 0.3) is 0 Å². The number of aromatic nitrogens is 1. The van der Waals surface area contributed by atoms with Gasteiger partial charge >= 0.3 is 0 Å². The van der Waals surface area contributed by atoms with Crippen molar-refractivity contribution in [2.24, 2.45) is 5.92 Å². The van der Waals surface area contributed by atoms with Crippen molar-refractivity contribution in [2.45, 2.75) is 31.7 Å². The smallest absolute Gasteiger partial charge is 0.250 e. The van der Waals surface area contributed by atoms with Crippen LogP contribution in [0.15, 0.2) is 77.7 Å². The Labute approximate surface area is 176 Å². The molecule has 3 aromatic carbocycles. The molecule has 5 nitrogen and oxygen atoms in total. The minimum Gasteiger partial charge on any atom is -0.278 e. The number of para-hydroxylation sites is 2. The summed E-state index contributed by atoms with van der Waals surface area (Å²) in [6.07, 6.45) is 0. The third-order valence-corrected chi connectivity index (χ3v) is 6.80. The molecule has 0 fully saturated rings. The molecule has 0 aliphatic carbocycles. The van der Waals surface area contributed by atoms with Gasteiger partial charge in [-0.3, -0.25) is 9.36 Å². The minimum atomic E-state index is -3.85. The number of hydrogen-bond acceptors (Lipinski definition) is 3. The summed E-state index contributed by atoms with van der Waals surface area (Å²) in [6, 6.07) is 21.0. The maximum Gasteiger partial charge on any atom is 0.250 e.